The summed E-state index contributed by atoms with van der Waals surface area (Å²) in [6.45, 7) is 9.63. The number of para-hydroxylation sites is 1. The number of fused-ring (bicyclic) bond motifs is 1. The average Bonchev–Trinajstić information content (AvgIpc) is 3.30. The van der Waals surface area contributed by atoms with Crippen LogP contribution >= 0.6 is 7.95 Å². The first-order valence-corrected chi connectivity index (χ1v) is 14.0. The highest BCUT2D eigenvalue weighted by atomic mass is 31.1. The first-order valence-electron chi connectivity index (χ1n) is 12.6. The van der Waals surface area contributed by atoms with Crippen LogP contribution in [0.2, 0.25) is 0 Å². The number of carbonyl (C=O) groups excluding carboxylic acids is 2. The summed E-state index contributed by atoms with van der Waals surface area (Å²) in [5.74, 6) is -0.651. The van der Waals surface area contributed by atoms with Crippen molar-refractivity contribution in [2.24, 2.45) is 0 Å². The molecular formula is C28H35NO8P+. The third kappa shape index (κ3) is 6.78. The van der Waals surface area contributed by atoms with Crippen LogP contribution in [0.25, 0.3) is 0 Å². The van der Waals surface area contributed by atoms with Gasteiger partial charge in [-0.25, -0.2) is 4.79 Å². The monoisotopic (exact) mass is 544 g/mol. The van der Waals surface area contributed by atoms with Crippen molar-refractivity contribution in [3.63, 3.8) is 0 Å². The second kappa shape index (κ2) is 13.5. The first-order chi connectivity index (χ1) is 18.2. The Labute approximate surface area is 224 Å². The maximum absolute atomic E-state index is 13.1. The second-order valence-corrected chi connectivity index (χ2v) is 10.3. The molecule has 0 aliphatic carbocycles. The number of phenolic OH excluding ortho intramolecular Hbond substituents is 1. The molecule has 3 rings (SSSR count). The lowest BCUT2D eigenvalue weighted by Crippen LogP contribution is -2.38. The zero-order valence-corrected chi connectivity index (χ0v) is 23.4. The molecule has 0 radical (unpaired) electrons. The van der Waals surface area contributed by atoms with Gasteiger partial charge in [0.05, 0.1) is 18.0 Å². The van der Waals surface area contributed by atoms with Gasteiger partial charge in [-0.2, -0.15) is 0 Å². The van der Waals surface area contributed by atoms with E-state index < -0.39 is 25.9 Å². The second-order valence-electron chi connectivity index (χ2n) is 8.93. The van der Waals surface area contributed by atoms with Crippen LogP contribution in [0.5, 0.6) is 11.5 Å². The number of aromatic hydroxyl groups is 1. The third-order valence-corrected chi connectivity index (χ3v) is 7.58. The van der Waals surface area contributed by atoms with Crippen molar-refractivity contribution < 1.29 is 38.3 Å². The van der Waals surface area contributed by atoms with Gasteiger partial charge in [0.2, 0.25) is 0 Å². The molecule has 0 amide bonds. The molecule has 1 heterocycles. The van der Waals surface area contributed by atoms with Crippen LogP contribution in [0.1, 0.15) is 60.3 Å². The number of hydrogen-bond donors (Lipinski definition) is 1. The molecule has 1 aliphatic rings. The predicted octanol–water partition coefficient (Wildman–Crippen LogP) is 5.39. The van der Waals surface area contributed by atoms with E-state index in [1.807, 2.05) is 32.9 Å². The zero-order chi connectivity index (χ0) is 27.8. The van der Waals surface area contributed by atoms with E-state index in [2.05, 4.69) is 0 Å². The molecule has 0 fully saturated rings. The van der Waals surface area contributed by atoms with Gasteiger partial charge in [-0.05, 0) is 68.4 Å². The lowest BCUT2D eigenvalue weighted by atomic mass is 9.89. The number of allylic oxidation sites excluding steroid dienone is 1. The Balaban J connectivity index is 1.66. The Hall–Kier alpha value is -3.26. The molecule has 1 N–H and O–H groups in total. The molecule has 2 unspecified atom stereocenters. The van der Waals surface area contributed by atoms with Crippen molar-refractivity contribution in [3.05, 3.63) is 69.8 Å². The zero-order valence-electron chi connectivity index (χ0n) is 22.5. The lowest BCUT2D eigenvalue weighted by Gasteiger charge is -2.17. The van der Waals surface area contributed by atoms with Crippen LogP contribution in [0.3, 0.4) is 0 Å². The molecule has 2 aromatic carbocycles. The molecule has 2 aromatic rings. The summed E-state index contributed by atoms with van der Waals surface area (Å²) in [7, 11) is -2.24. The van der Waals surface area contributed by atoms with E-state index in [-0.39, 0.29) is 37.5 Å². The van der Waals surface area contributed by atoms with Crippen molar-refractivity contribution >= 4 is 19.9 Å². The van der Waals surface area contributed by atoms with Gasteiger partial charge in [0.25, 0.3) is 6.35 Å². The van der Waals surface area contributed by atoms with Crippen molar-refractivity contribution in [1.82, 2.24) is 4.83 Å². The summed E-state index contributed by atoms with van der Waals surface area (Å²) in [6, 6.07) is 7.85. The van der Waals surface area contributed by atoms with Gasteiger partial charge < -0.3 is 24.2 Å². The highest BCUT2D eigenvalue weighted by Gasteiger charge is 2.40. The summed E-state index contributed by atoms with van der Waals surface area (Å²) in [6.07, 6.45) is 2.84. The van der Waals surface area contributed by atoms with Gasteiger partial charge in [-0.3, -0.25) is 4.79 Å². The number of rotatable bonds is 13. The first kappa shape index (κ1) is 29.3. The van der Waals surface area contributed by atoms with E-state index in [1.165, 1.54) is 0 Å². The van der Waals surface area contributed by atoms with E-state index >= 15 is 0 Å². The number of ether oxygens (including phenoxy) is 3. The molecule has 10 heteroatoms. The number of phenols is 1. The third-order valence-electron chi connectivity index (χ3n) is 6.31. The minimum atomic E-state index is -2.24. The van der Waals surface area contributed by atoms with Crippen molar-refractivity contribution in [2.45, 2.75) is 60.1 Å². The smallest absolute Gasteiger partial charge is 0.499 e. The van der Waals surface area contributed by atoms with E-state index in [1.54, 1.807) is 38.1 Å². The molecule has 2 atom stereocenters. The van der Waals surface area contributed by atoms with Crippen LogP contribution < -0.4 is 4.84 Å². The molecule has 1 aliphatic heterocycles. The fourth-order valence-corrected chi connectivity index (χ4v) is 5.31. The highest BCUT2D eigenvalue weighted by Crippen LogP contribution is 2.38. The van der Waals surface area contributed by atoms with Crippen LogP contribution in [-0.4, -0.2) is 47.5 Å². The van der Waals surface area contributed by atoms with Crippen LogP contribution in [0.4, 0.5) is 0 Å². The minimum Gasteiger partial charge on any atom is -0.507 e. The number of hydrogen-bond acceptors (Lipinski definition) is 8. The minimum absolute atomic E-state index is 0.0281. The number of esters is 2. The Bertz CT molecular complexity index is 1210. The molecule has 0 bridgehead atoms. The lowest BCUT2D eigenvalue weighted by molar-refractivity contribution is -0.153. The SMILES string of the molecule is CCOC(=O)C(C)N(Oc1ccccc1)[P+](=O)COCC(C)=CCc1c(O)c2c(c(C)c1CC)COC2=O. The van der Waals surface area contributed by atoms with Crippen LogP contribution in [0, 0.1) is 6.92 Å². The molecule has 0 saturated carbocycles. The normalized spacial score (nSPS) is 14.2. The van der Waals surface area contributed by atoms with Gasteiger partial charge in [0.1, 0.15) is 17.9 Å². The molecule has 38 heavy (non-hydrogen) atoms. The van der Waals surface area contributed by atoms with E-state index in [0.29, 0.717) is 24.2 Å². The summed E-state index contributed by atoms with van der Waals surface area (Å²) in [4.78, 5) is 31.3. The maximum atomic E-state index is 13.1. The summed E-state index contributed by atoms with van der Waals surface area (Å²) in [5, 5.41) is 10.8. The topological polar surface area (TPSA) is 112 Å². The number of hydroxylamine groups is 1. The van der Waals surface area contributed by atoms with E-state index in [9.17, 15) is 19.3 Å². The Morgan fingerprint density at radius 2 is 1.95 bits per heavy atom. The molecule has 0 spiro atoms. The molecule has 9 nitrogen and oxygen atoms in total. The van der Waals surface area contributed by atoms with Crippen LogP contribution in [-0.2, 0) is 43.0 Å². The quantitative estimate of drug-likeness (QED) is 0.154. The average molecular weight is 545 g/mol. The number of nitrogens with zero attached hydrogens (tertiary/aromatic N) is 1. The van der Waals surface area contributed by atoms with Gasteiger partial charge >= 0.3 is 19.9 Å². The number of benzene rings is 2. The fraction of sp³-hybridized carbons (Fsp3) is 0.429. The van der Waals surface area contributed by atoms with Crippen molar-refractivity contribution in [2.75, 3.05) is 19.6 Å². The Kier molecular flexibility index (Phi) is 10.4. The number of carbonyl (C=O) groups is 2. The number of cyclic esters (lactones) is 1. The highest BCUT2D eigenvalue weighted by molar-refractivity contribution is 7.41. The molecule has 204 valence electrons. The fourth-order valence-electron chi connectivity index (χ4n) is 4.28. The Morgan fingerprint density at radius 1 is 1.24 bits per heavy atom. The molecule has 0 aromatic heterocycles. The summed E-state index contributed by atoms with van der Waals surface area (Å²) < 4.78 is 29.0. The summed E-state index contributed by atoms with van der Waals surface area (Å²) >= 11 is 0. The Morgan fingerprint density at radius 3 is 2.61 bits per heavy atom. The van der Waals surface area contributed by atoms with E-state index in [0.717, 1.165) is 27.1 Å². The van der Waals surface area contributed by atoms with Crippen LogP contribution in [0.15, 0.2) is 42.0 Å². The maximum Gasteiger partial charge on any atom is 0.499 e. The largest absolute Gasteiger partial charge is 0.507 e. The predicted molar refractivity (Wildman–Crippen MR) is 142 cm³/mol. The van der Waals surface area contributed by atoms with Crippen molar-refractivity contribution in [3.8, 4) is 11.5 Å². The molecular weight excluding hydrogens is 509 g/mol. The van der Waals surface area contributed by atoms with Gasteiger partial charge in [-0.1, -0.05) is 36.8 Å². The van der Waals surface area contributed by atoms with Gasteiger partial charge in [0, 0.05) is 11.1 Å². The van der Waals surface area contributed by atoms with E-state index in [4.69, 9.17) is 19.0 Å². The molecule has 0 saturated heterocycles. The summed E-state index contributed by atoms with van der Waals surface area (Å²) in [5.41, 5.74) is 4.51. The van der Waals surface area contributed by atoms with Gasteiger partial charge in [-0.15, -0.1) is 0 Å². The standard InChI is InChI=1S/C28H34NO8P/c1-6-22-19(4)24-16-36-28(32)25(24)26(30)23(22)14-13-18(3)15-34-17-38(33)29(20(5)27(31)35-7-2)37-21-11-9-8-10-12-21/h8-13,20H,6-7,14-17H2,1-5H3/p+1. The van der Waals surface area contributed by atoms with Crippen molar-refractivity contribution in [1.29, 1.82) is 0 Å². The van der Waals surface area contributed by atoms with Gasteiger partial charge in [0.15, 0.2) is 11.8 Å².